The quantitative estimate of drug-likeness (QED) is 0.654. The van der Waals surface area contributed by atoms with Gasteiger partial charge in [-0.05, 0) is 38.1 Å². The molecule has 1 aromatic heterocycles. The van der Waals surface area contributed by atoms with Crippen LogP contribution in [-0.2, 0) is 9.59 Å². The maximum Gasteiger partial charge on any atom is 0.277 e. The summed E-state index contributed by atoms with van der Waals surface area (Å²) in [6.07, 6.45) is 0. The van der Waals surface area contributed by atoms with E-state index < -0.39 is 0 Å². The summed E-state index contributed by atoms with van der Waals surface area (Å²) in [6.45, 7) is 5.05. The van der Waals surface area contributed by atoms with Crippen LogP contribution in [0.3, 0.4) is 0 Å². The van der Waals surface area contributed by atoms with Gasteiger partial charge in [-0.3, -0.25) is 9.59 Å². The second-order valence-electron chi connectivity index (χ2n) is 5.48. The van der Waals surface area contributed by atoms with Crippen molar-refractivity contribution < 1.29 is 18.4 Å². The molecule has 26 heavy (non-hydrogen) atoms. The fraction of sp³-hybridized carbons (Fsp3) is 0.412. The summed E-state index contributed by atoms with van der Waals surface area (Å²) in [6, 6.07) is 5.68. The van der Waals surface area contributed by atoms with Crippen LogP contribution in [0.2, 0.25) is 0 Å². The topological polar surface area (TPSA) is 79.5 Å². The maximum absolute atomic E-state index is 12.9. The summed E-state index contributed by atoms with van der Waals surface area (Å²) in [4.78, 5) is 27.3. The third-order valence-electron chi connectivity index (χ3n) is 3.73. The summed E-state index contributed by atoms with van der Waals surface area (Å²) in [7, 11) is 1.59. The van der Waals surface area contributed by atoms with Gasteiger partial charge in [0.25, 0.3) is 5.22 Å². The van der Waals surface area contributed by atoms with E-state index in [1.807, 2.05) is 13.8 Å². The Hall–Kier alpha value is -2.42. The van der Waals surface area contributed by atoms with Crippen molar-refractivity contribution in [2.24, 2.45) is 0 Å². The normalized spacial score (nSPS) is 10.6. The van der Waals surface area contributed by atoms with Crippen LogP contribution in [0.4, 0.5) is 4.39 Å². The Morgan fingerprint density at radius 1 is 1.12 bits per heavy atom. The Morgan fingerprint density at radius 3 is 2.38 bits per heavy atom. The predicted octanol–water partition coefficient (Wildman–Crippen LogP) is 2.29. The van der Waals surface area contributed by atoms with Gasteiger partial charge in [-0.15, -0.1) is 10.2 Å². The molecule has 140 valence electrons. The number of hydrogen-bond donors (Lipinski definition) is 0. The van der Waals surface area contributed by atoms with Crippen molar-refractivity contribution in [2.75, 3.05) is 32.4 Å². The summed E-state index contributed by atoms with van der Waals surface area (Å²) >= 11 is 1.09. The zero-order valence-corrected chi connectivity index (χ0v) is 15.8. The summed E-state index contributed by atoms with van der Waals surface area (Å²) < 4.78 is 18.4. The number of hydrogen-bond acceptors (Lipinski definition) is 6. The Morgan fingerprint density at radius 2 is 1.77 bits per heavy atom. The van der Waals surface area contributed by atoms with E-state index in [1.54, 1.807) is 11.9 Å². The van der Waals surface area contributed by atoms with Gasteiger partial charge in [0.05, 0.1) is 12.3 Å². The van der Waals surface area contributed by atoms with Crippen LogP contribution < -0.4 is 0 Å². The number of halogens is 1. The number of nitrogens with zero attached hydrogens (tertiary/aromatic N) is 4. The van der Waals surface area contributed by atoms with E-state index in [0.29, 0.717) is 18.7 Å². The molecule has 0 spiro atoms. The van der Waals surface area contributed by atoms with Gasteiger partial charge in [0.2, 0.25) is 17.7 Å². The van der Waals surface area contributed by atoms with Gasteiger partial charge in [0.15, 0.2) is 0 Å². The lowest BCUT2D eigenvalue weighted by molar-refractivity contribution is -0.137. The number of rotatable bonds is 8. The molecule has 1 aromatic carbocycles. The van der Waals surface area contributed by atoms with Crippen molar-refractivity contribution in [3.63, 3.8) is 0 Å². The molecule has 0 aliphatic carbocycles. The second kappa shape index (κ2) is 9.33. The molecular formula is C17H21FN4O3S. The fourth-order valence-electron chi connectivity index (χ4n) is 2.18. The van der Waals surface area contributed by atoms with Crippen LogP contribution in [0, 0.1) is 5.82 Å². The van der Waals surface area contributed by atoms with Gasteiger partial charge in [0, 0.05) is 25.7 Å². The zero-order chi connectivity index (χ0) is 19.1. The zero-order valence-electron chi connectivity index (χ0n) is 14.9. The lowest BCUT2D eigenvalue weighted by Gasteiger charge is -2.22. The van der Waals surface area contributed by atoms with Crippen LogP contribution >= 0.6 is 11.8 Å². The Bertz CT molecular complexity index is 747. The molecule has 2 rings (SSSR count). The van der Waals surface area contributed by atoms with Gasteiger partial charge in [0.1, 0.15) is 5.82 Å². The van der Waals surface area contributed by atoms with E-state index in [2.05, 4.69) is 10.2 Å². The van der Waals surface area contributed by atoms with Crippen LogP contribution in [0.5, 0.6) is 0 Å². The molecule has 0 saturated carbocycles. The summed E-state index contributed by atoms with van der Waals surface area (Å²) in [5.41, 5.74) is 0.596. The molecule has 2 amide bonds. The van der Waals surface area contributed by atoms with E-state index >= 15 is 0 Å². The Labute approximate surface area is 155 Å². The Kier molecular flexibility index (Phi) is 7.14. The minimum Gasteiger partial charge on any atom is -0.411 e. The number of thioether (sulfide) groups is 1. The molecule has 0 aliphatic heterocycles. The largest absolute Gasteiger partial charge is 0.411 e. The van der Waals surface area contributed by atoms with E-state index in [4.69, 9.17) is 4.42 Å². The number of likely N-dealkylation sites (N-methyl/N-ethyl adjacent to an activating group) is 2. The van der Waals surface area contributed by atoms with Crippen LogP contribution in [0.25, 0.3) is 11.5 Å². The number of aromatic nitrogens is 2. The first-order valence-corrected chi connectivity index (χ1v) is 9.17. The Balaban J connectivity index is 1.87. The van der Waals surface area contributed by atoms with Crippen molar-refractivity contribution in [2.45, 2.75) is 19.1 Å². The summed E-state index contributed by atoms with van der Waals surface area (Å²) in [5, 5.41) is 7.99. The third kappa shape index (κ3) is 5.29. The molecule has 1 heterocycles. The number of carbonyl (C=O) groups is 2. The lowest BCUT2D eigenvalue weighted by atomic mass is 10.2. The maximum atomic E-state index is 12.9. The molecule has 0 fully saturated rings. The fourth-order valence-corrected chi connectivity index (χ4v) is 2.88. The lowest BCUT2D eigenvalue weighted by Crippen LogP contribution is -2.41. The van der Waals surface area contributed by atoms with Gasteiger partial charge < -0.3 is 14.2 Å². The first-order chi connectivity index (χ1) is 12.4. The van der Waals surface area contributed by atoms with Crippen molar-refractivity contribution in [1.82, 2.24) is 20.0 Å². The molecule has 2 aromatic rings. The van der Waals surface area contributed by atoms with Gasteiger partial charge >= 0.3 is 0 Å². The number of carbonyl (C=O) groups excluding carboxylic acids is 2. The second-order valence-corrected chi connectivity index (χ2v) is 6.41. The van der Waals surface area contributed by atoms with Crippen molar-refractivity contribution >= 4 is 23.6 Å². The highest BCUT2D eigenvalue weighted by molar-refractivity contribution is 7.99. The first kappa shape index (κ1) is 19.9. The van der Waals surface area contributed by atoms with Crippen LogP contribution in [0.15, 0.2) is 33.9 Å². The average molecular weight is 380 g/mol. The van der Waals surface area contributed by atoms with Gasteiger partial charge in [-0.25, -0.2) is 4.39 Å². The molecule has 0 radical (unpaired) electrons. The molecule has 0 saturated heterocycles. The average Bonchev–Trinajstić information content (AvgIpc) is 3.10. The van der Waals surface area contributed by atoms with E-state index in [9.17, 15) is 14.0 Å². The van der Waals surface area contributed by atoms with E-state index in [0.717, 1.165) is 11.8 Å². The summed E-state index contributed by atoms with van der Waals surface area (Å²) in [5.74, 6) is -0.322. The van der Waals surface area contributed by atoms with Crippen molar-refractivity contribution in [3.8, 4) is 11.5 Å². The van der Waals surface area contributed by atoms with Gasteiger partial charge in [-0.2, -0.15) is 0 Å². The highest BCUT2D eigenvalue weighted by Crippen LogP contribution is 2.23. The molecule has 0 bridgehead atoms. The number of benzene rings is 1. The number of amides is 2. The van der Waals surface area contributed by atoms with Crippen LogP contribution in [0.1, 0.15) is 13.8 Å². The molecule has 0 atom stereocenters. The first-order valence-electron chi connectivity index (χ1n) is 8.18. The molecule has 0 N–H and O–H groups in total. The smallest absolute Gasteiger partial charge is 0.277 e. The van der Waals surface area contributed by atoms with Gasteiger partial charge in [-0.1, -0.05) is 11.8 Å². The highest BCUT2D eigenvalue weighted by Gasteiger charge is 2.18. The monoisotopic (exact) mass is 380 g/mol. The predicted molar refractivity (Wildman–Crippen MR) is 96.0 cm³/mol. The SMILES string of the molecule is CCN(CC)C(=O)CN(C)C(=O)CSc1nnc(-c2ccc(F)cc2)o1. The molecule has 7 nitrogen and oxygen atoms in total. The minimum absolute atomic E-state index is 0.0335. The third-order valence-corrected chi connectivity index (χ3v) is 4.53. The van der Waals surface area contributed by atoms with Crippen molar-refractivity contribution in [3.05, 3.63) is 30.1 Å². The molecule has 0 unspecified atom stereocenters. The molecular weight excluding hydrogens is 359 g/mol. The standard InChI is InChI=1S/C17H21FN4O3S/c1-4-22(5-2)14(23)10-21(3)15(24)11-26-17-20-19-16(25-17)12-6-8-13(18)9-7-12/h6-9H,4-5,10-11H2,1-3H3. The highest BCUT2D eigenvalue weighted by atomic mass is 32.2. The van der Waals surface area contributed by atoms with Crippen molar-refractivity contribution in [1.29, 1.82) is 0 Å². The van der Waals surface area contributed by atoms with E-state index in [-0.39, 0.29) is 41.0 Å². The van der Waals surface area contributed by atoms with E-state index in [1.165, 1.54) is 29.2 Å². The van der Waals surface area contributed by atoms with Crippen LogP contribution in [-0.4, -0.2) is 64.2 Å². The molecule has 0 aliphatic rings. The minimum atomic E-state index is -0.351. The molecule has 9 heteroatoms.